The summed E-state index contributed by atoms with van der Waals surface area (Å²) in [5, 5.41) is 14.5. The zero-order valence-corrected chi connectivity index (χ0v) is 16.0. The number of aliphatic hydroxyl groups is 1. The molecule has 2 heterocycles. The third-order valence-corrected chi connectivity index (χ3v) is 5.19. The van der Waals surface area contributed by atoms with E-state index in [1.165, 1.54) is 18.5 Å². The van der Waals surface area contributed by atoms with Crippen LogP contribution in [0.1, 0.15) is 69.1 Å². The number of rotatable bonds is 5. The standard InChI is InChI=1S/C19H32N4O2/c1-5-15(24)13-21-8-10-22(11-9-21)18(25)16-12-17(14-6-7-14)23(20-16)19(2,3)4/h12,14-15,24H,5-11,13H2,1-4H3/t15-/m0/s1. The van der Waals surface area contributed by atoms with Crippen molar-refractivity contribution in [3.8, 4) is 0 Å². The smallest absolute Gasteiger partial charge is 0.274 e. The van der Waals surface area contributed by atoms with E-state index in [0.717, 1.165) is 19.5 Å². The van der Waals surface area contributed by atoms with Crippen LogP contribution in [0.25, 0.3) is 0 Å². The quantitative estimate of drug-likeness (QED) is 0.885. The summed E-state index contributed by atoms with van der Waals surface area (Å²) in [4.78, 5) is 17.0. The number of hydrogen-bond acceptors (Lipinski definition) is 4. The zero-order valence-electron chi connectivity index (χ0n) is 16.0. The normalized spacial score (nSPS) is 20.8. The highest BCUT2D eigenvalue weighted by Crippen LogP contribution is 2.41. The minimum absolute atomic E-state index is 0.0422. The van der Waals surface area contributed by atoms with Crippen LogP contribution in [0, 0.1) is 0 Å². The van der Waals surface area contributed by atoms with E-state index < -0.39 is 0 Å². The minimum Gasteiger partial charge on any atom is -0.392 e. The fourth-order valence-electron chi connectivity index (χ4n) is 3.43. The minimum atomic E-state index is -0.272. The second-order valence-electron chi connectivity index (χ2n) is 8.47. The highest BCUT2D eigenvalue weighted by atomic mass is 16.3. The predicted molar refractivity (Wildman–Crippen MR) is 97.8 cm³/mol. The number of β-amino-alcohol motifs (C(OH)–C–C–N with tert-alkyl or cyclic N) is 1. The molecule has 0 unspecified atom stereocenters. The summed E-state index contributed by atoms with van der Waals surface area (Å²) >= 11 is 0. The van der Waals surface area contributed by atoms with Crippen LogP contribution in [0.5, 0.6) is 0 Å². The van der Waals surface area contributed by atoms with Gasteiger partial charge in [0.2, 0.25) is 0 Å². The Balaban J connectivity index is 1.66. The summed E-state index contributed by atoms with van der Waals surface area (Å²) in [6, 6.07) is 2.01. The number of piperazine rings is 1. The molecule has 1 aromatic rings. The van der Waals surface area contributed by atoms with Gasteiger partial charge in [0.25, 0.3) is 5.91 Å². The topological polar surface area (TPSA) is 61.6 Å². The number of aromatic nitrogens is 2. The molecule has 1 N–H and O–H groups in total. The lowest BCUT2D eigenvalue weighted by atomic mass is 10.1. The number of hydrogen-bond donors (Lipinski definition) is 1. The van der Waals surface area contributed by atoms with Crippen LogP contribution in [0.2, 0.25) is 0 Å². The second kappa shape index (κ2) is 7.08. The first kappa shape index (κ1) is 18.4. The first-order valence-corrected chi connectivity index (χ1v) is 9.59. The Labute approximate surface area is 150 Å². The molecule has 2 fully saturated rings. The third kappa shape index (κ3) is 4.23. The molecule has 0 radical (unpaired) electrons. The van der Waals surface area contributed by atoms with Crippen molar-refractivity contribution in [1.29, 1.82) is 0 Å². The maximum atomic E-state index is 12.9. The molecule has 25 heavy (non-hydrogen) atoms. The Hall–Kier alpha value is -1.40. The molecule has 1 saturated heterocycles. The molecule has 3 rings (SSSR count). The molecule has 1 saturated carbocycles. The van der Waals surface area contributed by atoms with Gasteiger partial charge in [-0.2, -0.15) is 5.10 Å². The van der Waals surface area contributed by atoms with Gasteiger partial charge in [-0.1, -0.05) is 6.92 Å². The van der Waals surface area contributed by atoms with Crippen molar-refractivity contribution in [2.45, 2.75) is 64.5 Å². The highest BCUT2D eigenvalue weighted by molar-refractivity contribution is 5.92. The lowest BCUT2D eigenvalue weighted by molar-refractivity contribution is 0.0518. The van der Waals surface area contributed by atoms with Gasteiger partial charge in [0.05, 0.1) is 11.6 Å². The van der Waals surface area contributed by atoms with Crippen LogP contribution in [-0.2, 0) is 5.54 Å². The summed E-state index contributed by atoms with van der Waals surface area (Å²) in [5.41, 5.74) is 1.69. The van der Waals surface area contributed by atoms with Gasteiger partial charge >= 0.3 is 0 Å². The monoisotopic (exact) mass is 348 g/mol. The third-order valence-electron chi connectivity index (χ3n) is 5.19. The maximum absolute atomic E-state index is 12.9. The number of carbonyl (C=O) groups excluding carboxylic acids is 1. The highest BCUT2D eigenvalue weighted by Gasteiger charge is 2.33. The van der Waals surface area contributed by atoms with E-state index in [4.69, 9.17) is 0 Å². The van der Waals surface area contributed by atoms with E-state index in [1.807, 2.05) is 22.6 Å². The van der Waals surface area contributed by atoms with Crippen LogP contribution in [0.15, 0.2) is 6.07 Å². The Morgan fingerprint density at radius 2 is 1.92 bits per heavy atom. The van der Waals surface area contributed by atoms with Crippen molar-refractivity contribution < 1.29 is 9.90 Å². The van der Waals surface area contributed by atoms with Gasteiger partial charge in [-0.3, -0.25) is 14.4 Å². The van der Waals surface area contributed by atoms with Gasteiger partial charge in [-0.15, -0.1) is 0 Å². The summed E-state index contributed by atoms with van der Waals surface area (Å²) in [6.45, 7) is 12.1. The molecule has 140 valence electrons. The Morgan fingerprint density at radius 3 is 2.44 bits per heavy atom. The Morgan fingerprint density at radius 1 is 1.28 bits per heavy atom. The molecule has 0 spiro atoms. The molecule has 0 bridgehead atoms. The number of amides is 1. The second-order valence-corrected chi connectivity index (χ2v) is 8.47. The van der Waals surface area contributed by atoms with Gasteiger partial charge < -0.3 is 10.0 Å². The van der Waals surface area contributed by atoms with E-state index in [0.29, 0.717) is 31.2 Å². The molecule has 6 nitrogen and oxygen atoms in total. The van der Waals surface area contributed by atoms with E-state index in [-0.39, 0.29) is 17.6 Å². The lowest BCUT2D eigenvalue weighted by Crippen LogP contribution is -2.50. The zero-order chi connectivity index (χ0) is 18.2. The first-order chi connectivity index (χ1) is 11.8. The summed E-state index contributed by atoms with van der Waals surface area (Å²) in [6.07, 6.45) is 2.90. The van der Waals surface area contributed by atoms with E-state index >= 15 is 0 Å². The van der Waals surface area contributed by atoms with Crippen molar-refractivity contribution in [2.24, 2.45) is 0 Å². The molecule has 1 atom stereocenters. The summed E-state index contributed by atoms with van der Waals surface area (Å²) < 4.78 is 2.05. The van der Waals surface area contributed by atoms with Crippen molar-refractivity contribution >= 4 is 5.91 Å². The Bertz CT molecular complexity index is 607. The van der Waals surface area contributed by atoms with Crippen molar-refractivity contribution in [2.75, 3.05) is 32.7 Å². The van der Waals surface area contributed by atoms with Crippen LogP contribution in [-0.4, -0.2) is 69.4 Å². The summed E-state index contributed by atoms with van der Waals surface area (Å²) in [5.74, 6) is 0.612. The number of nitrogens with zero attached hydrogens (tertiary/aromatic N) is 4. The van der Waals surface area contributed by atoms with Crippen LogP contribution < -0.4 is 0 Å². The molecule has 0 aromatic carbocycles. The van der Waals surface area contributed by atoms with E-state index in [2.05, 4.69) is 30.8 Å². The Kier molecular flexibility index (Phi) is 5.21. The lowest BCUT2D eigenvalue weighted by Gasteiger charge is -2.35. The maximum Gasteiger partial charge on any atom is 0.274 e. The van der Waals surface area contributed by atoms with Gasteiger partial charge in [0, 0.05) is 44.3 Å². The fourth-order valence-corrected chi connectivity index (χ4v) is 3.43. The molecule has 1 aliphatic carbocycles. The van der Waals surface area contributed by atoms with E-state index in [9.17, 15) is 9.90 Å². The van der Waals surface area contributed by atoms with Gasteiger partial charge in [-0.05, 0) is 46.1 Å². The van der Waals surface area contributed by atoms with Crippen LogP contribution in [0.3, 0.4) is 0 Å². The van der Waals surface area contributed by atoms with Crippen molar-refractivity contribution in [3.63, 3.8) is 0 Å². The van der Waals surface area contributed by atoms with Crippen LogP contribution in [0.4, 0.5) is 0 Å². The number of carbonyl (C=O) groups is 1. The fraction of sp³-hybridized carbons (Fsp3) is 0.789. The molecule has 1 aromatic heterocycles. The molecular weight excluding hydrogens is 316 g/mol. The predicted octanol–water partition coefficient (Wildman–Crippen LogP) is 2.04. The van der Waals surface area contributed by atoms with Crippen LogP contribution >= 0.6 is 0 Å². The van der Waals surface area contributed by atoms with Crippen molar-refractivity contribution in [3.05, 3.63) is 17.5 Å². The summed E-state index contributed by atoms with van der Waals surface area (Å²) in [7, 11) is 0. The van der Waals surface area contributed by atoms with Gasteiger partial charge in [0.1, 0.15) is 0 Å². The van der Waals surface area contributed by atoms with E-state index in [1.54, 1.807) is 0 Å². The molecule has 2 aliphatic rings. The van der Waals surface area contributed by atoms with Gasteiger partial charge in [0.15, 0.2) is 5.69 Å². The first-order valence-electron chi connectivity index (χ1n) is 9.59. The van der Waals surface area contributed by atoms with Crippen molar-refractivity contribution in [1.82, 2.24) is 19.6 Å². The molecule has 1 amide bonds. The largest absolute Gasteiger partial charge is 0.392 e. The molecular formula is C19H32N4O2. The average Bonchev–Trinajstić information content (AvgIpc) is 3.31. The average molecular weight is 348 g/mol. The number of aliphatic hydroxyl groups excluding tert-OH is 1. The van der Waals surface area contributed by atoms with Gasteiger partial charge in [-0.25, -0.2) is 0 Å². The molecule has 1 aliphatic heterocycles. The SMILES string of the molecule is CC[C@H](O)CN1CCN(C(=O)c2cc(C3CC3)n(C(C)(C)C)n2)CC1. The molecule has 6 heteroatoms.